The van der Waals surface area contributed by atoms with Gasteiger partial charge in [0.15, 0.2) is 11.5 Å². The van der Waals surface area contributed by atoms with E-state index in [1.807, 2.05) is 42.5 Å². The second-order valence-corrected chi connectivity index (χ2v) is 5.37. The Morgan fingerprint density at radius 1 is 1.12 bits per heavy atom. The van der Waals surface area contributed by atoms with Crippen LogP contribution in [0.2, 0.25) is 0 Å². The summed E-state index contributed by atoms with van der Waals surface area (Å²) in [7, 11) is 1.64. The van der Waals surface area contributed by atoms with Crippen molar-refractivity contribution in [2.45, 2.75) is 6.42 Å². The maximum Gasteiger partial charge on any atom is 0.239 e. The van der Waals surface area contributed by atoms with Gasteiger partial charge in [0.05, 0.1) is 13.7 Å². The molecule has 0 bridgehead atoms. The van der Waals surface area contributed by atoms with Crippen molar-refractivity contribution in [1.82, 2.24) is 5.32 Å². The highest BCUT2D eigenvalue weighted by atomic mass is 16.7. The van der Waals surface area contributed by atoms with Gasteiger partial charge >= 0.3 is 0 Å². The third-order valence-corrected chi connectivity index (χ3v) is 3.72. The van der Waals surface area contributed by atoms with Crippen molar-refractivity contribution in [1.29, 1.82) is 0 Å². The van der Waals surface area contributed by atoms with Gasteiger partial charge in [-0.2, -0.15) is 0 Å². The quantitative estimate of drug-likeness (QED) is 0.815. The number of rotatable bonds is 7. The van der Waals surface area contributed by atoms with Crippen LogP contribution in [0.15, 0.2) is 42.5 Å². The van der Waals surface area contributed by atoms with Crippen LogP contribution in [0.5, 0.6) is 17.2 Å². The molecule has 0 spiro atoms. The molecular weight excluding hydrogens is 308 g/mol. The zero-order valence-corrected chi connectivity index (χ0v) is 13.5. The third-order valence-electron chi connectivity index (χ3n) is 3.72. The van der Waals surface area contributed by atoms with E-state index in [0.717, 1.165) is 29.2 Å². The molecule has 6 heteroatoms. The molecule has 1 heterocycles. The molecule has 0 saturated heterocycles. The van der Waals surface area contributed by atoms with Crippen LogP contribution < -0.4 is 24.8 Å². The van der Waals surface area contributed by atoms with Crippen molar-refractivity contribution in [3.05, 3.63) is 48.0 Å². The number of anilines is 1. The lowest BCUT2D eigenvalue weighted by Gasteiger charge is -2.09. The lowest BCUT2D eigenvalue weighted by molar-refractivity contribution is -0.119. The predicted octanol–water partition coefficient (Wildman–Crippen LogP) is 2.19. The number of benzene rings is 2. The lowest BCUT2D eigenvalue weighted by Crippen LogP contribution is -2.31. The van der Waals surface area contributed by atoms with Crippen molar-refractivity contribution in [3.8, 4) is 17.2 Å². The van der Waals surface area contributed by atoms with Crippen LogP contribution in [-0.4, -0.2) is 32.9 Å². The molecule has 0 radical (unpaired) electrons. The number of ether oxygens (including phenoxy) is 3. The zero-order valence-electron chi connectivity index (χ0n) is 13.5. The summed E-state index contributed by atoms with van der Waals surface area (Å²) in [5.74, 6) is 2.20. The number of amides is 1. The summed E-state index contributed by atoms with van der Waals surface area (Å²) < 4.78 is 15.7. The molecule has 0 aromatic heterocycles. The Bertz CT molecular complexity index is 701. The summed E-state index contributed by atoms with van der Waals surface area (Å²) in [4.78, 5) is 11.9. The first-order chi connectivity index (χ1) is 11.7. The average Bonchev–Trinajstić information content (AvgIpc) is 3.08. The molecule has 1 aliphatic rings. The SMILES string of the molecule is COc1ccc(CCNC(=O)CNc2ccc3c(c2)OCO3)cc1. The minimum atomic E-state index is -0.0545. The topological polar surface area (TPSA) is 68.8 Å². The van der Waals surface area contributed by atoms with Gasteiger partial charge in [-0.1, -0.05) is 12.1 Å². The van der Waals surface area contributed by atoms with E-state index in [9.17, 15) is 4.79 Å². The number of methoxy groups -OCH3 is 1. The first-order valence-electron chi connectivity index (χ1n) is 7.78. The molecule has 0 unspecified atom stereocenters. The summed E-state index contributed by atoms with van der Waals surface area (Å²) >= 11 is 0. The van der Waals surface area contributed by atoms with E-state index in [4.69, 9.17) is 14.2 Å². The normalized spacial score (nSPS) is 11.9. The molecule has 0 fully saturated rings. The zero-order chi connectivity index (χ0) is 16.8. The molecule has 1 amide bonds. The molecule has 0 aliphatic carbocycles. The average molecular weight is 328 g/mol. The van der Waals surface area contributed by atoms with Gasteiger partial charge in [0.2, 0.25) is 12.7 Å². The standard InChI is InChI=1S/C18H20N2O4/c1-22-15-5-2-13(3-6-15)8-9-19-18(21)11-20-14-4-7-16-17(10-14)24-12-23-16/h2-7,10,20H,8-9,11-12H2,1H3,(H,19,21). The highest BCUT2D eigenvalue weighted by Crippen LogP contribution is 2.34. The molecule has 2 aromatic carbocycles. The number of fused-ring (bicyclic) bond motifs is 1. The molecule has 0 saturated carbocycles. The molecule has 2 N–H and O–H groups in total. The second kappa shape index (κ2) is 7.59. The van der Waals surface area contributed by atoms with E-state index in [2.05, 4.69) is 10.6 Å². The van der Waals surface area contributed by atoms with E-state index in [0.29, 0.717) is 12.3 Å². The van der Waals surface area contributed by atoms with Crippen LogP contribution in [-0.2, 0) is 11.2 Å². The number of carbonyl (C=O) groups is 1. The maximum absolute atomic E-state index is 11.9. The Labute approximate surface area is 140 Å². The Hall–Kier alpha value is -2.89. The van der Waals surface area contributed by atoms with Gasteiger partial charge in [-0.3, -0.25) is 4.79 Å². The summed E-state index contributed by atoms with van der Waals surface area (Å²) in [6, 6.07) is 13.3. The lowest BCUT2D eigenvalue weighted by atomic mass is 10.1. The number of nitrogens with one attached hydrogen (secondary N) is 2. The van der Waals surface area contributed by atoms with Crippen LogP contribution in [0, 0.1) is 0 Å². The van der Waals surface area contributed by atoms with Gasteiger partial charge in [-0.15, -0.1) is 0 Å². The van der Waals surface area contributed by atoms with Gasteiger partial charge in [0, 0.05) is 18.3 Å². The fourth-order valence-electron chi connectivity index (χ4n) is 2.39. The van der Waals surface area contributed by atoms with Gasteiger partial charge < -0.3 is 24.8 Å². The first kappa shape index (κ1) is 16.0. The van der Waals surface area contributed by atoms with Crippen LogP contribution in [0.3, 0.4) is 0 Å². The molecule has 0 atom stereocenters. The molecule has 24 heavy (non-hydrogen) atoms. The van der Waals surface area contributed by atoms with E-state index in [1.54, 1.807) is 7.11 Å². The smallest absolute Gasteiger partial charge is 0.239 e. The second-order valence-electron chi connectivity index (χ2n) is 5.37. The van der Waals surface area contributed by atoms with Crippen LogP contribution in [0.4, 0.5) is 5.69 Å². The van der Waals surface area contributed by atoms with E-state index < -0.39 is 0 Å². The van der Waals surface area contributed by atoms with Gasteiger partial charge in [-0.05, 0) is 36.2 Å². The van der Waals surface area contributed by atoms with Gasteiger partial charge in [0.1, 0.15) is 5.75 Å². The van der Waals surface area contributed by atoms with Crippen LogP contribution in [0.1, 0.15) is 5.56 Å². The highest BCUT2D eigenvalue weighted by molar-refractivity contribution is 5.80. The Morgan fingerprint density at radius 3 is 2.71 bits per heavy atom. The Morgan fingerprint density at radius 2 is 1.92 bits per heavy atom. The van der Waals surface area contributed by atoms with E-state index in [-0.39, 0.29) is 19.2 Å². The summed E-state index contributed by atoms with van der Waals surface area (Å²) in [6.07, 6.45) is 0.778. The fourth-order valence-corrected chi connectivity index (χ4v) is 2.39. The first-order valence-corrected chi connectivity index (χ1v) is 7.78. The maximum atomic E-state index is 11.9. The van der Waals surface area contributed by atoms with E-state index in [1.165, 1.54) is 0 Å². The molecule has 3 rings (SSSR count). The number of carbonyl (C=O) groups excluding carboxylic acids is 1. The Kier molecular flexibility index (Phi) is 5.05. The van der Waals surface area contributed by atoms with Gasteiger partial charge in [-0.25, -0.2) is 0 Å². The molecule has 2 aromatic rings. The minimum absolute atomic E-state index is 0.0545. The van der Waals surface area contributed by atoms with Crippen molar-refractivity contribution in [3.63, 3.8) is 0 Å². The third kappa shape index (κ3) is 4.10. The molecule has 1 aliphatic heterocycles. The van der Waals surface area contributed by atoms with Crippen molar-refractivity contribution >= 4 is 11.6 Å². The molecule has 126 valence electrons. The monoisotopic (exact) mass is 328 g/mol. The molecular formula is C18H20N2O4. The van der Waals surface area contributed by atoms with Crippen LogP contribution >= 0.6 is 0 Å². The Balaban J connectivity index is 1.39. The number of hydrogen-bond acceptors (Lipinski definition) is 5. The van der Waals surface area contributed by atoms with Crippen molar-refractivity contribution in [2.75, 3.05) is 32.3 Å². The summed E-state index contributed by atoms with van der Waals surface area (Å²) in [5, 5.41) is 5.97. The molecule has 6 nitrogen and oxygen atoms in total. The fraction of sp³-hybridized carbons (Fsp3) is 0.278. The largest absolute Gasteiger partial charge is 0.497 e. The summed E-state index contributed by atoms with van der Waals surface area (Å²) in [5.41, 5.74) is 1.98. The van der Waals surface area contributed by atoms with Gasteiger partial charge in [0.25, 0.3) is 0 Å². The van der Waals surface area contributed by atoms with Crippen molar-refractivity contribution < 1.29 is 19.0 Å². The van der Waals surface area contributed by atoms with E-state index >= 15 is 0 Å². The van der Waals surface area contributed by atoms with Crippen LogP contribution in [0.25, 0.3) is 0 Å². The predicted molar refractivity (Wildman–Crippen MR) is 90.8 cm³/mol. The number of hydrogen-bond donors (Lipinski definition) is 2. The summed E-state index contributed by atoms with van der Waals surface area (Å²) in [6.45, 7) is 1.04. The minimum Gasteiger partial charge on any atom is -0.497 e. The van der Waals surface area contributed by atoms with Crippen molar-refractivity contribution in [2.24, 2.45) is 0 Å². The highest BCUT2D eigenvalue weighted by Gasteiger charge is 2.13.